The number of anilines is 2. The first-order valence-electron chi connectivity index (χ1n) is 12.6. The zero-order valence-corrected chi connectivity index (χ0v) is 19.9. The molecule has 4 amide bonds. The number of nitrogens with one attached hydrogen (secondary N) is 1. The lowest BCUT2D eigenvalue weighted by atomic mass is 9.95. The Morgan fingerprint density at radius 3 is 2.29 bits per heavy atom. The van der Waals surface area contributed by atoms with Crippen LogP contribution in [0.1, 0.15) is 32.1 Å². The van der Waals surface area contributed by atoms with Crippen LogP contribution in [0, 0.1) is 5.92 Å². The minimum Gasteiger partial charge on any atom is -0.476 e. The lowest BCUT2D eigenvalue weighted by Crippen LogP contribution is -2.55. The third-order valence-electron chi connectivity index (χ3n) is 7.07. The lowest BCUT2D eigenvalue weighted by molar-refractivity contribution is -0.139. The van der Waals surface area contributed by atoms with E-state index in [1.807, 2.05) is 59.5 Å². The molecule has 2 saturated heterocycles. The van der Waals surface area contributed by atoms with E-state index in [9.17, 15) is 14.4 Å². The molecule has 0 aliphatic carbocycles. The third-order valence-corrected chi connectivity index (χ3v) is 7.07. The topological polar surface area (TPSA) is 82.2 Å². The number of rotatable bonds is 3. The number of para-hydroxylation sites is 3. The molecule has 8 nitrogen and oxygen atoms in total. The summed E-state index contributed by atoms with van der Waals surface area (Å²) in [6, 6.07) is 16.5. The number of ether oxygens (including phenoxy) is 1. The predicted molar refractivity (Wildman–Crippen MR) is 133 cm³/mol. The average Bonchev–Trinajstić information content (AvgIpc) is 2.92. The van der Waals surface area contributed by atoms with E-state index in [0.29, 0.717) is 30.9 Å². The molecule has 0 radical (unpaired) electrons. The molecule has 1 N–H and O–H groups in total. The van der Waals surface area contributed by atoms with Crippen molar-refractivity contribution in [2.75, 3.05) is 42.9 Å². The first-order chi connectivity index (χ1) is 17.1. The van der Waals surface area contributed by atoms with Crippen LogP contribution in [0.3, 0.4) is 0 Å². The summed E-state index contributed by atoms with van der Waals surface area (Å²) in [5.41, 5.74) is 1.41. The van der Waals surface area contributed by atoms with Crippen LogP contribution >= 0.6 is 0 Å². The Kier molecular flexibility index (Phi) is 6.88. The van der Waals surface area contributed by atoms with E-state index >= 15 is 0 Å². The van der Waals surface area contributed by atoms with Crippen LogP contribution in [0.25, 0.3) is 0 Å². The number of amides is 4. The van der Waals surface area contributed by atoms with Crippen molar-refractivity contribution in [3.63, 3.8) is 0 Å². The summed E-state index contributed by atoms with van der Waals surface area (Å²) in [7, 11) is 0. The highest BCUT2D eigenvalue weighted by Crippen LogP contribution is 2.35. The van der Waals surface area contributed by atoms with Gasteiger partial charge in [-0.25, -0.2) is 4.79 Å². The molecular weight excluding hydrogens is 444 g/mol. The number of nitrogens with zero attached hydrogens (tertiary/aromatic N) is 3. The highest BCUT2D eigenvalue weighted by Gasteiger charge is 2.39. The van der Waals surface area contributed by atoms with Crippen molar-refractivity contribution >= 4 is 29.2 Å². The van der Waals surface area contributed by atoms with Gasteiger partial charge in [0.15, 0.2) is 6.10 Å². The van der Waals surface area contributed by atoms with Crippen LogP contribution in [0.15, 0.2) is 54.6 Å². The lowest BCUT2D eigenvalue weighted by Gasteiger charge is -2.40. The molecule has 0 spiro atoms. The molecule has 0 unspecified atom stereocenters. The largest absolute Gasteiger partial charge is 0.476 e. The summed E-state index contributed by atoms with van der Waals surface area (Å²) in [5.74, 6) is 0.109. The Morgan fingerprint density at radius 2 is 1.49 bits per heavy atom. The second-order valence-corrected chi connectivity index (χ2v) is 9.49. The van der Waals surface area contributed by atoms with Crippen LogP contribution < -0.4 is 15.0 Å². The zero-order chi connectivity index (χ0) is 24.2. The maximum absolute atomic E-state index is 13.8. The second-order valence-electron chi connectivity index (χ2n) is 9.49. The van der Waals surface area contributed by atoms with E-state index in [-0.39, 0.29) is 30.3 Å². The fourth-order valence-electron chi connectivity index (χ4n) is 5.20. The molecule has 3 aliphatic heterocycles. The van der Waals surface area contributed by atoms with Crippen molar-refractivity contribution in [1.29, 1.82) is 0 Å². The molecule has 0 bridgehead atoms. The monoisotopic (exact) mass is 476 g/mol. The van der Waals surface area contributed by atoms with Gasteiger partial charge in [-0.2, -0.15) is 0 Å². The summed E-state index contributed by atoms with van der Waals surface area (Å²) in [6.07, 6.45) is 3.88. The van der Waals surface area contributed by atoms with E-state index in [1.54, 1.807) is 9.80 Å². The van der Waals surface area contributed by atoms with Gasteiger partial charge in [0.25, 0.3) is 5.91 Å². The number of hydrogen-bond donors (Lipinski definition) is 1. The van der Waals surface area contributed by atoms with Gasteiger partial charge in [-0.15, -0.1) is 0 Å². The molecule has 2 aromatic rings. The van der Waals surface area contributed by atoms with E-state index in [0.717, 1.165) is 44.5 Å². The second kappa shape index (κ2) is 10.4. The van der Waals surface area contributed by atoms with Crippen LogP contribution in [0.2, 0.25) is 0 Å². The van der Waals surface area contributed by atoms with Crippen molar-refractivity contribution in [2.24, 2.45) is 5.92 Å². The maximum atomic E-state index is 13.8. The van der Waals surface area contributed by atoms with Gasteiger partial charge in [0.2, 0.25) is 5.91 Å². The molecule has 0 saturated carbocycles. The predicted octanol–water partition coefficient (Wildman–Crippen LogP) is 3.74. The van der Waals surface area contributed by atoms with E-state index in [4.69, 9.17) is 4.74 Å². The zero-order valence-electron chi connectivity index (χ0n) is 19.9. The van der Waals surface area contributed by atoms with E-state index in [2.05, 4.69) is 5.32 Å². The molecule has 2 aromatic carbocycles. The van der Waals surface area contributed by atoms with E-state index < -0.39 is 6.10 Å². The Balaban J connectivity index is 1.30. The van der Waals surface area contributed by atoms with Gasteiger partial charge in [0, 0.05) is 31.9 Å². The molecule has 2 fully saturated rings. The summed E-state index contributed by atoms with van der Waals surface area (Å²) in [4.78, 5) is 45.1. The molecule has 0 aromatic heterocycles. The van der Waals surface area contributed by atoms with Gasteiger partial charge in [-0.3, -0.25) is 9.59 Å². The Bertz CT molecular complexity index is 1070. The molecular formula is C27H32N4O4. The molecule has 8 heteroatoms. The molecule has 184 valence electrons. The SMILES string of the molecule is O=C(Nc1ccccc1)N1CCC[C@@H](C(=O)N2C[C@H](C(=O)N3CCCCC3)Oc3ccccc32)C1. The number of fused-ring (bicyclic) bond motifs is 1. The Hall–Kier alpha value is -3.55. The van der Waals surface area contributed by atoms with Crippen LogP contribution in [-0.4, -0.2) is 66.5 Å². The van der Waals surface area contributed by atoms with Crippen molar-refractivity contribution in [1.82, 2.24) is 9.80 Å². The van der Waals surface area contributed by atoms with Crippen molar-refractivity contribution < 1.29 is 19.1 Å². The quantitative estimate of drug-likeness (QED) is 0.732. The van der Waals surface area contributed by atoms with Crippen molar-refractivity contribution in [3.8, 4) is 5.75 Å². The summed E-state index contributed by atoms with van der Waals surface area (Å²) >= 11 is 0. The molecule has 3 aliphatic rings. The number of carbonyl (C=O) groups is 3. The fraction of sp³-hybridized carbons (Fsp3) is 0.444. The van der Waals surface area contributed by atoms with Gasteiger partial charge in [0.1, 0.15) is 5.75 Å². The van der Waals surface area contributed by atoms with Crippen LogP contribution in [0.4, 0.5) is 16.2 Å². The van der Waals surface area contributed by atoms with Gasteiger partial charge >= 0.3 is 6.03 Å². The summed E-state index contributed by atoms with van der Waals surface area (Å²) in [5, 5.41) is 2.92. The van der Waals surface area contributed by atoms with E-state index in [1.165, 1.54) is 0 Å². The molecule has 2 atom stereocenters. The maximum Gasteiger partial charge on any atom is 0.321 e. The minimum absolute atomic E-state index is 0.0514. The summed E-state index contributed by atoms with van der Waals surface area (Å²) in [6.45, 7) is 2.63. The van der Waals surface area contributed by atoms with Gasteiger partial charge in [-0.1, -0.05) is 30.3 Å². The molecule has 3 heterocycles. The van der Waals surface area contributed by atoms with Crippen LogP contribution in [-0.2, 0) is 9.59 Å². The standard InChI is InChI=1S/C27H32N4O4/c32-25(20-10-9-17-30(18-20)27(34)28-21-11-3-1-4-12-21)31-19-24(26(33)29-15-7-2-8-16-29)35-23-14-6-5-13-22(23)31/h1,3-6,11-14,20,24H,2,7-10,15-19H2,(H,28,34)/t20-,24-/m1/s1. The molecule has 5 rings (SSSR count). The first kappa shape index (κ1) is 23.2. The van der Waals surface area contributed by atoms with Crippen LogP contribution in [0.5, 0.6) is 5.75 Å². The summed E-state index contributed by atoms with van der Waals surface area (Å²) < 4.78 is 6.08. The van der Waals surface area contributed by atoms with Crippen molar-refractivity contribution in [2.45, 2.75) is 38.2 Å². The minimum atomic E-state index is -0.715. The molecule has 35 heavy (non-hydrogen) atoms. The smallest absolute Gasteiger partial charge is 0.321 e. The number of hydrogen-bond acceptors (Lipinski definition) is 4. The highest BCUT2D eigenvalue weighted by molar-refractivity contribution is 5.99. The number of benzene rings is 2. The van der Waals surface area contributed by atoms with Gasteiger partial charge in [-0.05, 0) is 56.4 Å². The van der Waals surface area contributed by atoms with Crippen molar-refractivity contribution in [3.05, 3.63) is 54.6 Å². The first-order valence-corrected chi connectivity index (χ1v) is 12.6. The average molecular weight is 477 g/mol. The van der Waals surface area contributed by atoms with Gasteiger partial charge in [0.05, 0.1) is 18.2 Å². The number of piperidine rings is 2. The van der Waals surface area contributed by atoms with Gasteiger partial charge < -0.3 is 24.8 Å². The number of likely N-dealkylation sites (tertiary alicyclic amines) is 2. The number of carbonyl (C=O) groups excluding carboxylic acids is 3. The third kappa shape index (κ3) is 5.11. The fourth-order valence-corrected chi connectivity index (χ4v) is 5.20. The Morgan fingerprint density at radius 1 is 0.771 bits per heavy atom. The highest BCUT2D eigenvalue weighted by atomic mass is 16.5. The number of urea groups is 1. The Labute approximate surface area is 205 Å². The normalized spacial score (nSPS) is 22.1.